The van der Waals surface area contributed by atoms with Crippen LogP contribution in [-0.2, 0) is 17.6 Å². The Morgan fingerprint density at radius 3 is 2.44 bits per heavy atom. The average Bonchev–Trinajstić information content (AvgIpc) is 2.84. The van der Waals surface area contributed by atoms with Gasteiger partial charge in [0.2, 0.25) is 0 Å². The first-order valence-corrected chi connectivity index (χ1v) is 7.90. The fourth-order valence-electron chi connectivity index (χ4n) is 2.22. The lowest BCUT2D eigenvalue weighted by Gasteiger charge is -2.25. The minimum atomic E-state index is 0.309. The average molecular weight is 269 g/mol. The van der Waals surface area contributed by atoms with E-state index in [1.54, 1.807) is 0 Å². The van der Waals surface area contributed by atoms with Crippen LogP contribution in [0.5, 0.6) is 0 Å². The summed E-state index contributed by atoms with van der Waals surface area (Å²) >= 11 is 1.94. The third-order valence-corrected chi connectivity index (χ3v) is 4.55. The van der Waals surface area contributed by atoms with Crippen LogP contribution in [0.2, 0.25) is 0 Å². The van der Waals surface area contributed by atoms with Crippen molar-refractivity contribution >= 4 is 11.3 Å². The Kier molecular flexibility index (Phi) is 7.56. The summed E-state index contributed by atoms with van der Waals surface area (Å²) in [5.74, 6) is 0. The molecule has 2 unspecified atom stereocenters. The van der Waals surface area contributed by atoms with E-state index < -0.39 is 0 Å². The van der Waals surface area contributed by atoms with E-state index in [-0.39, 0.29) is 0 Å². The molecule has 0 bridgehead atoms. The molecule has 0 aliphatic rings. The number of ether oxygens (including phenoxy) is 1. The molecule has 1 aromatic heterocycles. The Bertz CT molecular complexity index is 320. The van der Waals surface area contributed by atoms with Gasteiger partial charge >= 0.3 is 0 Å². The number of methoxy groups -OCH3 is 1. The van der Waals surface area contributed by atoms with Crippen molar-refractivity contribution in [1.29, 1.82) is 0 Å². The molecule has 0 aliphatic heterocycles. The highest BCUT2D eigenvalue weighted by atomic mass is 32.1. The largest absolute Gasteiger partial charge is 0.380 e. The maximum atomic E-state index is 5.61. The van der Waals surface area contributed by atoms with Crippen LogP contribution in [0, 0.1) is 0 Å². The third-order valence-electron chi connectivity index (χ3n) is 3.30. The van der Waals surface area contributed by atoms with E-state index in [1.165, 1.54) is 16.2 Å². The molecular weight excluding hydrogens is 242 g/mol. The van der Waals surface area contributed by atoms with Crippen LogP contribution < -0.4 is 5.32 Å². The maximum absolute atomic E-state index is 5.61. The van der Waals surface area contributed by atoms with Gasteiger partial charge in [-0.15, -0.1) is 11.3 Å². The second-order valence-corrected chi connectivity index (χ2v) is 5.92. The molecule has 0 radical (unpaired) electrons. The minimum absolute atomic E-state index is 0.309. The summed E-state index contributed by atoms with van der Waals surface area (Å²) in [5.41, 5.74) is 0. The van der Waals surface area contributed by atoms with Crippen LogP contribution in [0.1, 0.15) is 43.4 Å². The van der Waals surface area contributed by atoms with E-state index in [1.807, 2.05) is 18.4 Å². The van der Waals surface area contributed by atoms with Crippen molar-refractivity contribution in [3.63, 3.8) is 0 Å². The van der Waals surface area contributed by atoms with Crippen molar-refractivity contribution in [1.82, 2.24) is 5.32 Å². The van der Waals surface area contributed by atoms with Gasteiger partial charge in [0.15, 0.2) is 0 Å². The predicted octanol–water partition coefficient (Wildman–Crippen LogP) is 3.65. The van der Waals surface area contributed by atoms with Crippen LogP contribution >= 0.6 is 11.3 Å². The molecule has 0 spiro atoms. The number of hydrogen-bond donors (Lipinski definition) is 1. The monoisotopic (exact) mass is 269 g/mol. The highest BCUT2D eigenvalue weighted by Crippen LogP contribution is 2.20. The normalized spacial score (nSPS) is 14.7. The second kappa shape index (κ2) is 8.68. The summed E-state index contributed by atoms with van der Waals surface area (Å²) in [7, 11) is 1.82. The van der Waals surface area contributed by atoms with E-state index in [0.717, 1.165) is 25.8 Å². The molecule has 0 amide bonds. The Hall–Kier alpha value is -0.380. The number of aryl methyl sites for hydroxylation is 1. The molecule has 104 valence electrons. The Labute approximate surface area is 116 Å². The van der Waals surface area contributed by atoms with Crippen molar-refractivity contribution in [2.75, 3.05) is 13.7 Å². The molecule has 0 saturated carbocycles. The first-order chi connectivity index (χ1) is 8.74. The van der Waals surface area contributed by atoms with Gasteiger partial charge in [0, 0.05) is 22.9 Å². The van der Waals surface area contributed by atoms with Crippen LogP contribution in [-0.4, -0.2) is 25.8 Å². The Morgan fingerprint density at radius 1 is 1.22 bits per heavy atom. The summed E-state index contributed by atoms with van der Waals surface area (Å²) < 4.78 is 5.61. The van der Waals surface area contributed by atoms with Crippen molar-refractivity contribution < 1.29 is 4.74 Å². The smallest absolute Gasteiger partial charge is 0.0725 e. The summed E-state index contributed by atoms with van der Waals surface area (Å²) in [6.07, 6.45) is 4.75. The molecule has 0 saturated heterocycles. The Morgan fingerprint density at radius 2 is 1.94 bits per heavy atom. The summed E-state index contributed by atoms with van der Waals surface area (Å²) in [4.78, 5) is 2.95. The van der Waals surface area contributed by atoms with Gasteiger partial charge in [-0.1, -0.05) is 20.8 Å². The minimum Gasteiger partial charge on any atom is -0.380 e. The maximum Gasteiger partial charge on any atom is 0.0725 e. The van der Waals surface area contributed by atoms with Crippen molar-refractivity contribution in [2.24, 2.45) is 0 Å². The zero-order valence-electron chi connectivity index (χ0n) is 12.2. The zero-order chi connectivity index (χ0) is 13.4. The van der Waals surface area contributed by atoms with E-state index in [0.29, 0.717) is 12.1 Å². The van der Waals surface area contributed by atoms with Crippen molar-refractivity contribution in [3.05, 3.63) is 21.9 Å². The predicted molar refractivity (Wildman–Crippen MR) is 80.6 cm³/mol. The van der Waals surface area contributed by atoms with Gasteiger partial charge in [-0.25, -0.2) is 0 Å². The fraction of sp³-hybridized carbons (Fsp3) is 0.733. The van der Waals surface area contributed by atoms with Crippen LogP contribution in [0.4, 0.5) is 0 Å². The zero-order valence-corrected chi connectivity index (χ0v) is 13.0. The standard InChI is InChI=1S/C15H27NOS/c1-5-10-16-14(15(7-3)17-4)11-13-9-8-12(6-2)18-13/h8-9,14-16H,5-7,10-11H2,1-4H3. The molecule has 1 N–H and O–H groups in total. The SMILES string of the molecule is CCCNC(Cc1ccc(CC)s1)C(CC)OC. The van der Waals surface area contributed by atoms with E-state index in [9.17, 15) is 0 Å². The van der Waals surface area contributed by atoms with E-state index >= 15 is 0 Å². The van der Waals surface area contributed by atoms with E-state index in [2.05, 4.69) is 38.2 Å². The van der Waals surface area contributed by atoms with Gasteiger partial charge < -0.3 is 10.1 Å². The molecule has 2 atom stereocenters. The van der Waals surface area contributed by atoms with Gasteiger partial charge in [-0.3, -0.25) is 0 Å². The van der Waals surface area contributed by atoms with Crippen LogP contribution in [0.25, 0.3) is 0 Å². The topological polar surface area (TPSA) is 21.3 Å². The first kappa shape index (κ1) is 15.7. The molecule has 0 fully saturated rings. The molecule has 1 aromatic rings. The van der Waals surface area contributed by atoms with Gasteiger partial charge in [0.1, 0.15) is 0 Å². The molecule has 1 rings (SSSR count). The van der Waals surface area contributed by atoms with Gasteiger partial charge in [0.25, 0.3) is 0 Å². The lowest BCUT2D eigenvalue weighted by molar-refractivity contribution is 0.0656. The van der Waals surface area contributed by atoms with Gasteiger partial charge in [-0.2, -0.15) is 0 Å². The molecule has 2 nitrogen and oxygen atoms in total. The summed E-state index contributed by atoms with van der Waals surface area (Å²) in [5, 5.41) is 3.63. The van der Waals surface area contributed by atoms with Gasteiger partial charge in [0.05, 0.1) is 6.10 Å². The molecule has 0 aliphatic carbocycles. The third kappa shape index (κ3) is 4.71. The lowest BCUT2D eigenvalue weighted by atomic mass is 10.0. The Balaban J connectivity index is 2.64. The fourth-order valence-corrected chi connectivity index (χ4v) is 3.24. The lowest BCUT2D eigenvalue weighted by Crippen LogP contribution is -2.42. The van der Waals surface area contributed by atoms with Crippen molar-refractivity contribution in [2.45, 2.75) is 58.6 Å². The second-order valence-electron chi connectivity index (χ2n) is 4.67. The molecular formula is C15H27NOS. The highest BCUT2D eigenvalue weighted by Gasteiger charge is 2.19. The molecule has 1 heterocycles. The number of nitrogens with one attached hydrogen (secondary N) is 1. The highest BCUT2D eigenvalue weighted by molar-refractivity contribution is 7.11. The molecule has 0 aromatic carbocycles. The quantitative estimate of drug-likeness (QED) is 0.739. The first-order valence-electron chi connectivity index (χ1n) is 7.08. The molecule has 18 heavy (non-hydrogen) atoms. The summed E-state index contributed by atoms with van der Waals surface area (Å²) in [6, 6.07) is 4.96. The van der Waals surface area contributed by atoms with Crippen LogP contribution in [0.3, 0.4) is 0 Å². The van der Waals surface area contributed by atoms with Crippen molar-refractivity contribution in [3.8, 4) is 0 Å². The van der Waals surface area contributed by atoms with E-state index in [4.69, 9.17) is 4.74 Å². The number of thiophene rings is 1. The van der Waals surface area contributed by atoms with Gasteiger partial charge in [-0.05, 0) is 44.4 Å². The number of rotatable bonds is 9. The summed E-state index contributed by atoms with van der Waals surface area (Å²) in [6.45, 7) is 7.68. The molecule has 3 heteroatoms. The van der Waals surface area contributed by atoms with Crippen LogP contribution in [0.15, 0.2) is 12.1 Å². The number of hydrogen-bond acceptors (Lipinski definition) is 3.